The highest BCUT2D eigenvalue weighted by Crippen LogP contribution is 2.53. The first-order chi connectivity index (χ1) is 11.1. The third kappa shape index (κ3) is 2.53. The topological polar surface area (TPSA) is 69.9 Å². The molecule has 4 heteroatoms. The number of aromatic hydroxyl groups is 2. The molecule has 0 aromatic heterocycles. The van der Waals surface area contributed by atoms with Gasteiger partial charge in [-0.25, -0.2) is 0 Å². The van der Waals surface area contributed by atoms with Gasteiger partial charge in [-0.15, -0.1) is 0 Å². The van der Waals surface area contributed by atoms with E-state index in [0.29, 0.717) is 6.42 Å². The van der Waals surface area contributed by atoms with Gasteiger partial charge in [0.05, 0.1) is 6.10 Å². The quantitative estimate of drug-likeness (QED) is 0.754. The van der Waals surface area contributed by atoms with Crippen LogP contribution in [0.2, 0.25) is 0 Å². The third-order valence-electron chi connectivity index (χ3n) is 5.13. The van der Waals surface area contributed by atoms with Crippen molar-refractivity contribution in [3.63, 3.8) is 0 Å². The Labute approximate surface area is 135 Å². The monoisotopic (exact) mass is 312 g/mol. The maximum atomic E-state index is 10.1. The molecular weight excluding hydrogens is 292 g/mol. The molecule has 120 valence electrons. The normalized spacial score (nSPS) is 29.3. The van der Waals surface area contributed by atoms with Gasteiger partial charge in [0.25, 0.3) is 0 Å². The Morgan fingerprint density at radius 2 is 1.65 bits per heavy atom. The van der Waals surface area contributed by atoms with Gasteiger partial charge < -0.3 is 20.1 Å². The molecular formula is C19H20O4. The average Bonchev–Trinajstić information content (AvgIpc) is 2.55. The highest BCUT2D eigenvalue weighted by Gasteiger charge is 2.42. The lowest BCUT2D eigenvalue weighted by Crippen LogP contribution is -2.36. The number of hydrogen-bond acceptors (Lipinski definition) is 4. The van der Waals surface area contributed by atoms with Gasteiger partial charge >= 0.3 is 0 Å². The SMILES string of the molecule is Oc1ccc(C2Oc3ccc(O)cc3[C@H]3C[C@@H](O)CC[C@@H]23)cc1. The number of ether oxygens (including phenoxy) is 1. The number of benzene rings is 2. The summed E-state index contributed by atoms with van der Waals surface area (Å²) >= 11 is 0. The van der Waals surface area contributed by atoms with Gasteiger partial charge in [-0.05, 0) is 61.1 Å². The highest BCUT2D eigenvalue weighted by molar-refractivity contribution is 5.45. The molecule has 0 radical (unpaired) electrons. The van der Waals surface area contributed by atoms with Crippen LogP contribution < -0.4 is 4.74 Å². The smallest absolute Gasteiger partial charge is 0.127 e. The van der Waals surface area contributed by atoms with Gasteiger partial charge in [0.2, 0.25) is 0 Å². The van der Waals surface area contributed by atoms with Gasteiger partial charge in [0.15, 0.2) is 0 Å². The van der Waals surface area contributed by atoms with Gasteiger partial charge in [-0.2, -0.15) is 0 Å². The molecule has 23 heavy (non-hydrogen) atoms. The Balaban J connectivity index is 1.77. The average molecular weight is 312 g/mol. The Kier molecular flexibility index (Phi) is 3.42. The minimum absolute atomic E-state index is 0.0925. The van der Waals surface area contributed by atoms with Gasteiger partial charge in [0, 0.05) is 11.5 Å². The van der Waals surface area contributed by atoms with Crippen LogP contribution in [0.25, 0.3) is 0 Å². The summed E-state index contributed by atoms with van der Waals surface area (Å²) in [4.78, 5) is 0. The first kappa shape index (κ1) is 14.4. The zero-order valence-electron chi connectivity index (χ0n) is 12.7. The lowest BCUT2D eigenvalue weighted by Gasteiger charge is -2.44. The molecule has 2 aromatic carbocycles. The van der Waals surface area contributed by atoms with Crippen molar-refractivity contribution < 1.29 is 20.1 Å². The summed E-state index contributed by atoms with van der Waals surface area (Å²) in [6.45, 7) is 0. The fraction of sp³-hybridized carbons (Fsp3) is 0.368. The fourth-order valence-electron chi connectivity index (χ4n) is 4.03. The van der Waals surface area contributed by atoms with E-state index in [1.165, 1.54) is 0 Å². The van der Waals surface area contributed by atoms with E-state index in [4.69, 9.17) is 4.74 Å². The largest absolute Gasteiger partial charge is 0.508 e. The Morgan fingerprint density at radius 1 is 0.913 bits per heavy atom. The van der Waals surface area contributed by atoms with E-state index in [-0.39, 0.29) is 35.5 Å². The summed E-state index contributed by atoms with van der Waals surface area (Å²) in [5.74, 6) is 1.68. The summed E-state index contributed by atoms with van der Waals surface area (Å²) in [5.41, 5.74) is 2.02. The predicted octanol–water partition coefficient (Wildman–Crippen LogP) is 3.48. The van der Waals surface area contributed by atoms with Crippen LogP contribution in [0.4, 0.5) is 0 Å². The standard InChI is InChI=1S/C19H20O4/c20-12-3-1-11(2-4-12)19-15-7-5-13(21)9-16(15)17-10-14(22)6-8-18(17)23-19/h1-4,6,8,10,13,15-16,19-22H,5,7,9H2/t13-,15+,16-,19?/m0/s1. The van der Waals surface area contributed by atoms with Crippen LogP contribution in [0.1, 0.15) is 42.4 Å². The van der Waals surface area contributed by atoms with Crippen molar-refractivity contribution in [1.29, 1.82) is 0 Å². The maximum absolute atomic E-state index is 10.1. The molecule has 0 saturated heterocycles. The van der Waals surface area contributed by atoms with Crippen molar-refractivity contribution >= 4 is 0 Å². The number of phenols is 2. The van der Waals surface area contributed by atoms with Crippen LogP contribution in [-0.4, -0.2) is 21.4 Å². The minimum Gasteiger partial charge on any atom is -0.508 e. The summed E-state index contributed by atoms with van der Waals surface area (Å²) in [6, 6.07) is 12.3. The molecule has 1 aliphatic carbocycles. The second-order valence-corrected chi connectivity index (χ2v) is 6.59. The predicted molar refractivity (Wildman–Crippen MR) is 85.7 cm³/mol. The van der Waals surface area contributed by atoms with Crippen molar-refractivity contribution in [2.45, 2.75) is 37.4 Å². The molecule has 0 amide bonds. The minimum atomic E-state index is -0.301. The Hall–Kier alpha value is -2.20. The fourth-order valence-corrected chi connectivity index (χ4v) is 4.03. The van der Waals surface area contributed by atoms with E-state index in [1.54, 1.807) is 30.3 Å². The zero-order valence-corrected chi connectivity index (χ0v) is 12.7. The lowest BCUT2D eigenvalue weighted by atomic mass is 9.69. The van der Waals surface area contributed by atoms with E-state index in [1.807, 2.05) is 12.1 Å². The van der Waals surface area contributed by atoms with Crippen LogP contribution in [0.5, 0.6) is 17.2 Å². The number of rotatable bonds is 1. The number of aliphatic hydroxyl groups is 1. The maximum Gasteiger partial charge on any atom is 0.127 e. The van der Waals surface area contributed by atoms with Crippen molar-refractivity contribution in [2.24, 2.45) is 5.92 Å². The van der Waals surface area contributed by atoms with E-state index in [9.17, 15) is 15.3 Å². The summed E-state index contributed by atoms with van der Waals surface area (Å²) < 4.78 is 6.24. The van der Waals surface area contributed by atoms with Gasteiger partial charge in [0.1, 0.15) is 23.4 Å². The summed E-state index contributed by atoms with van der Waals surface area (Å²) in [5, 5.41) is 29.4. The highest BCUT2D eigenvalue weighted by atomic mass is 16.5. The van der Waals surface area contributed by atoms with Crippen LogP contribution >= 0.6 is 0 Å². The second kappa shape index (κ2) is 5.46. The molecule has 1 fully saturated rings. The molecule has 0 bridgehead atoms. The van der Waals surface area contributed by atoms with Crippen molar-refractivity contribution in [2.75, 3.05) is 0 Å². The lowest BCUT2D eigenvalue weighted by molar-refractivity contribution is 0.0206. The molecule has 1 heterocycles. The molecule has 2 aliphatic rings. The van der Waals surface area contributed by atoms with Gasteiger partial charge in [-0.1, -0.05) is 12.1 Å². The number of hydrogen-bond donors (Lipinski definition) is 3. The van der Waals surface area contributed by atoms with E-state index in [2.05, 4.69) is 0 Å². The summed E-state index contributed by atoms with van der Waals surface area (Å²) in [7, 11) is 0. The van der Waals surface area contributed by atoms with Crippen LogP contribution in [0, 0.1) is 5.92 Å². The number of aliphatic hydroxyl groups excluding tert-OH is 1. The Bertz CT molecular complexity index is 710. The molecule has 1 aliphatic heterocycles. The molecule has 4 rings (SSSR count). The van der Waals surface area contributed by atoms with Crippen LogP contribution in [0.3, 0.4) is 0 Å². The molecule has 4 atom stereocenters. The third-order valence-corrected chi connectivity index (χ3v) is 5.13. The van der Waals surface area contributed by atoms with Crippen molar-refractivity contribution in [3.8, 4) is 17.2 Å². The van der Waals surface area contributed by atoms with Crippen LogP contribution in [0.15, 0.2) is 42.5 Å². The van der Waals surface area contributed by atoms with Crippen LogP contribution in [-0.2, 0) is 0 Å². The molecule has 0 spiro atoms. The first-order valence-corrected chi connectivity index (χ1v) is 8.08. The zero-order chi connectivity index (χ0) is 16.0. The molecule has 4 nitrogen and oxygen atoms in total. The molecule has 3 N–H and O–H groups in total. The number of fused-ring (bicyclic) bond motifs is 3. The Morgan fingerprint density at radius 3 is 2.43 bits per heavy atom. The molecule has 1 unspecified atom stereocenters. The van der Waals surface area contributed by atoms with Gasteiger partial charge in [-0.3, -0.25) is 0 Å². The van der Waals surface area contributed by atoms with E-state index < -0.39 is 0 Å². The van der Waals surface area contributed by atoms with E-state index >= 15 is 0 Å². The van der Waals surface area contributed by atoms with E-state index in [0.717, 1.165) is 29.7 Å². The second-order valence-electron chi connectivity index (χ2n) is 6.59. The van der Waals surface area contributed by atoms with Crippen molar-refractivity contribution in [1.82, 2.24) is 0 Å². The van der Waals surface area contributed by atoms with Crippen molar-refractivity contribution in [3.05, 3.63) is 53.6 Å². The molecule has 2 aromatic rings. The summed E-state index contributed by atoms with van der Waals surface area (Å²) in [6.07, 6.45) is 1.95. The first-order valence-electron chi connectivity index (χ1n) is 8.08. The molecule has 1 saturated carbocycles. The number of phenolic OH excluding ortho intramolecular Hbond substituents is 2.